The van der Waals surface area contributed by atoms with Crippen LogP contribution in [0.2, 0.25) is 0 Å². The van der Waals surface area contributed by atoms with Crippen LogP contribution in [0.3, 0.4) is 0 Å². The average Bonchev–Trinajstić information content (AvgIpc) is 2.92. The van der Waals surface area contributed by atoms with Crippen molar-refractivity contribution in [3.8, 4) is 16.9 Å². The molecule has 4 unspecified atom stereocenters. The Labute approximate surface area is 222 Å². The molecule has 0 bridgehead atoms. The van der Waals surface area contributed by atoms with E-state index in [1.54, 1.807) is 7.11 Å². The molecule has 0 N–H and O–H groups in total. The molecule has 37 heavy (non-hydrogen) atoms. The van der Waals surface area contributed by atoms with Gasteiger partial charge in [0, 0.05) is 0 Å². The number of hydrogen-bond acceptors (Lipinski definition) is 3. The van der Waals surface area contributed by atoms with Crippen LogP contribution in [0.4, 0.5) is 0 Å². The minimum atomic E-state index is -0.213. The van der Waals surface area contributed by atoms with Crippen LogP contribution in [0, 0.1) is 17.8 Å². The number of rotatable bonds is 6. The minimum absolute atomic E-state index is 0.191. The van der Waals surface area contributed by atoms with Gasteiger partial charge < -0.3 is 9.47 Å². The number of benzene rings is 3. The van der Waals surface area contributed by atoms with Gasteiger partial charge in [-0.05, 0) is 102 Å². The highest BCUT2D eigenvalue weighted by atomic mass is 16.5. The molecule has 0 saturated heterocycles. The zero-order chi connectivity index (χ0) is 25.9. The van der Waals surface area contributed by atoms with Crippen molar-refractivity contribution in [2.45, 2.75) is 71.3 Å². The second kappa shape index (κ2) is 11.1. The van der Waals surface area contributed by atoms with Gasteiger partial charge in [-0.1, -0.05) is 75.7 Å². The number of esters is 1. The molecule has 1 fully saturated rings. The van der Waals surface area contributed by atoms with Gasteiger partial charge in [0.15, 0.2) is 0 Å². The fourth-order valence-corrected chi connectivity index (χ4v) is 6.61. The van der Waals surface area contributed by atoms with Gasteiger partial charge in [0.1, 0.15) is 11.9 Å². The fraction of sp³-hybridized carbons (Fsp3) is 0.441. The van der Waals surface area contributed by atoms with Crippen molar-refractivity contribution in [2.24, 2.45) is 17.8 Å². The summed E-state index contributed by atoms with van der Waals surface area (Å²) in [7, 11) is 1.69. The zero-order valence-corrected chi connectivity index (χ0v) is 22.7. The van der Waals surface area contributed by atoms with Crippen LogP contribution in [0.25, 0.3) is 11.1 Å². The molecular weight excluding hydrogens is 456 g/mol. The first kappa shape index (κ1) is 25.6. The molecule has 3 nitrogen and oxygen atoms in total. The lowest BCUT2D eigenvalue weighted by Gasteiger charge is -2.38. The normalized spacial score (nSPS) is 23.4. The van der Waals surface area contributed by atoms with Crippen molar-refractivity contribution < 1.29 is 14.3 Å². The van der Waals surface area contributed by atoms with Crippen LogP contribution in [0.15, 0.2) is 66.7 Å². The smallest absolute Gasteiger partial charge is 0.339 e. The number of hydrogen-bond donors (Lipinski definition) is 0. The summed E-state index contributed by atoms with van der Waals surface area (Å²) in [6.07, 6.45) is 6.24. The van der Waals surface area contributed by atoms with Crippen LogP contribution >= 0.6 is 0 Å². The lowest BCUT2D eigenvalue weighted by molar-refractivity contribution is 0.0253. The van der Waals surface area contributed by atoms with Crippen molar-refractivity contribution in [3.63, 3.8) is 0 Å². The van der Waals surface area contributed by atoms with Gasteiger partial charge in [0.05, 0.1) is 12.7 Å². The zero-order valence-electron chi connectivity index (χ0n) is 22.7. The van der Waals surface area contributed by atoms with Gasteiger partial charge in [0.2, 0.25) is 0 Å². The van der Waals surface area contributed by atoms with E-state index >= 15 is 0 Å². The van der Waals surface area contributed by atoms with Crippen LogP contribution < -0.4 is 4.74 Å². The van der Waals surface area contributed by atoms with E-state index in [0.29, 0.717) is 23.7 Å². The van der Waals surface area contributed by atoms with Gasteiger partial charge in [-0.2, -0.15) is 0 Å². The molecule has 0 heterocycles. The van der Waals surface area contributed by atoms with E-state index in [0.717, 1.165) is 42.6 Å². The number of aryl methyl sites for hydroxylation is 1. The van der Waals surface area contributed by atoms with E-state index in [1.807, 2.05) is 18.2 Å². The van der Waals surface area contributed by atoms with E-state index in [4.69, 9.17) is 9.47 Å². The van der Waals surface area contributed by atoms with Crippen molar-refractivity contribution in [1.82, 2.24) is 0 Å². The minimum Gasteiger partial charge on any atom is -0.497 e. The second-order valence-electron chi connectivity index (χ2n) is 11.5. The largest absolute Gasteiger partial charge is 0.497 e. The summed E-state index contributed by atoms with van der Waals surface area (Å²) in [5.74, 6) is 2.82. The Morgan fingerprint density at radius 3 is 2.46 bits per heavy atom. The van der Waals surface area contributed by atoms with Crippen molar-refractivity contribution >= 4 is 5.97 Å². The molecule has 0 spiro atoms. The molecule has 1 saturated carbocycles. The topological polar surface area (TPSA) is 35.5 Å². The maximum atomic E-state index is 13.9. The predicted molar refractivity (Wildman–Crippen MR) is 150 cm³/mol. The number of methoxy groups -OCH3 is 1. The number of carbonyl (C=O) groups is 1. The van der Waals surface area contributed by atoms with Crippen LogP contribution in [-0.2, 0) is 11.2 Å². The molecule has 0 amide bonds. The Balaban J connectivity index is 1.51. The second-order valence-corrected chi connectivity index (χ2v) is 11.5. The maximum Gasteiger partial charge on any atom is 0.339 e. The maximum absolute atomic E-state index is 13.9. The number of ether oxygens (including phenoxy) is 2. The molecule has 0 aromatic heterocycles. The molecule has 3 heteroatoms. The highest BCUT2D eigenvalue weighted by Crippen LogP contribution is 2.46. The third kappa shape index (κ3) is 5.46. The Bertz CT molecular complexity index is 1230. The average molecular weight is 497 g/mol. The molecule has 0 aliphatic heterocycles. The van der Waals surface area contributed by atoms with Crippen LogP contribution in [0.1, 0.15) is 91.9 Å². The fourth-order valence-electron chi connectivity index (χ4n) is 6.61. The summed E-state index contributed by atoms with van der Waals surface area (Å²) < 4.78 is 11.7. The quantitative estimate of drug-likeness (QED) is 0.320. The number of fused-ring (bicyclic) bond motifs is 1. The van der Waals surface area contributed by atoms with Gasteiger partial charge in [-0.3, -0.25) is 0 Å². The molecule has 3 aromatic rings. The highest BCUT2D eigenvalue weighted by Gasteiger charge is 2.35. The molecular formula is C34H40O3. The van der Waals surface area contributed by atoms with Crippen LogP contribution in [0.5, 0.6) is 5.75 Å². The third-order valence-electron chi connectivity index (χ3n) is 8.66. The first-order chi connectivity index (χ1) is 17.9. The van der Waals surface area contributed by atoms with Crippen molar-refractivity contribution in [3.05, 3.63) is 89.0 Å². The summed E-state index contributed by atoms with van der Waals surface area (Å²) in [4.78, 5) is 13.9. The van der Waals surface area contributed by atoms with Gasteiger partial charge in [-0.25, -0.2) is 4.79 Å². The monoisotopic (exact) mass is 496 g/mol. The lowest BCUT2D eigenvalue weighted by Crippen LogP contribution is -2.28. The summed E-state index contributed by atoms with van der Waals surface area (Å²) in [5.41, 5.74) is 6.61. The summed E-state index contributed by atoms with van der Waals surface area (Å²) in [5, 5.41) is 0. The standard InChI is InChI=1S/C34H40O3/c1-22(2)28-16-13-23(3)19-31(28)32-21-25(24-9-6-5-7-10-24)14-17-30(32)34(35)37-33-12-8-11-26-20-27(36-4)15-18-29(26)33/h5-7,9-10,14-15,17-18,20-23,28,31,33H,8,11-13,16,19H2,1-4H3. The Kier molecular flexibility index (Phi) is 7.69. The predicted octanol–water partition coefficient (Wildman–Crippen LogP) is 8.77. The molecule has 2 aliphatic rings. The van der Waals surface area contributed by atoms with Crippen molar-refractivity contribution in [1.29, 1.82) is 0 Å². The van der Waals surface area contributed by atoms with E-state index < -0.39 is 0 Å². The first-order valence-corrected chi connectivity index (χ1v) is 14.0. The van der Waals surface area contributed by atoms with E-state index in [-0.39, 0.29) is 12.1 Å². The molecule has 0 radical (unpaired) electrons. The first-order valence-electron chi connectivity index (χ1n) is 14.0. The summed E-state index contributed by atoms with van der Waals surface area (Å²) in [6.45, 7) is 7.02. The highest BCUT2D eigenvalue weighted by molar-refractivity contribution is 5.92. The van der Waals surface area contributed by atoms with Crippen molar-refractivity contribution in [2.75, 3.05) is 7.11 Å². The number of carbonyl (C=O) groups excluding carboxylic acids is 1. The molecule has 5 rings (SSSR count). The molecule has 194 valence electrons. The Hall–Kier alpha value is -3.07. The summed E-state index contributed by atoms with van der Waals surface area (Å²) in [6, 6.07) is 23.0. The summed E-state index contributed by atoms with van der Waals surface area (Å²) >= 11 is 0. The van der Waals surface area contributed by atoms with E-state index in [1.165, 1.54) is 35.1 Å². The SMILES string of the molecule is COc1ccc2c(c1)CCCC2OC(=O)c1ccc(-c2ccccc2)cc1C1CC(C)CCC1C(C)C. The molecule has 2 aliphatic carbocycles. The molecule has 3 aromatic carbocycles. The van der Waals surface area contributed by atoms with Gasteiger partial charge >= 0.3 is 5.97 Å². The lowest BCUT2D eigenvalue weighted by atomic mass is 9.66. The van der Waals surface area contributed by atoms with E-state index in [9.17, 15) is 4.79 Å². The third-order valence-corrected chi connectivity index (χ3v) is 8.66. The Morgan fingerprint density at radius 2 is 1.70 bits per heavy atom. The van der Waals surface area contributed by atoms with Gasteiger partial charge in [0.25, 0.3) is 0 Å². The van der Waals surface area contributed by atoms with Gasteiger partial charge in [-0.15, -0.1) is 0 Å². The van der Waals surface area contributed by atoms with E-state index in [2.05, 4.69) is 69.3 Å². The van der Waals surface area contributed by atoms with Crippen LogP contribution in [-0.4, -0.2) is 13.1 Å². The Morgan fingerprint density at radius 1 is 0.892 bits per heavy atom. The molecule has 4 atom stereocenters.